The molecule has 1 aromatic rings. The second kappa shape index (κ2) is 6.39. The first kappa shape index (κ1) is 11.0. The van der Waals surface area contributed by atoms with Gasteiger partial charge in [-0.05, 0) is 17.5 Å². The van der Waals surface area contributed by atoms with Crippen molar-refractivity contribution in [2.75, 3.05) is 6.61 Å². The monoisotopic (exact) mass is 190 g/mol. The van der Waals surface area contributed by atoms with Crippen molar-refractivity contribution in [3.63, 3.8) is 0 Å². The summed E-state index contributed by atoms with van der Waals surface area (Å²) in [6, 6.07) is 8.29. The Hall–Kier alpha value is -1.08. The Morgan fingerprint density at radius 2 is 2.00 bits per heavy atom. The third-order valence-corrected chi connectivity index (χ3v) is 2.13. The van der Waals surface area contributed by atoms with Crippen LogP contribution in [0.1, 0.15) is 30.9 Å². The van der Waals surface area contributed by atoms with Gasteiger partial charge in [-0.25, -0.2) is 0 Å². The first-order valence-electron chi connectivity index (χ1n) is 5.16. The number of unbranched alkanes of at least 4 members (excludes halogenated alkanes) is 1. The number of hydrogen-bond donors (Lipinski definition) is 0. The number of ether oxygens (including phenoxy) is 1. The van der Waals surface area contributed by atoms with Crippen molar-refractivity contribution < 1.29 is 4.74 Å². The summed E-state index contributed by atoms with van der Waals surface area (Å²) >= 11 is 0. The third kappa shape index (κ3) is 3.75. The maximum atomic E-state index is 5.51. The van der Waals surface area contributed by atoms with Gasteiger partial charge in [0.25, 0.3) is 0 Å². The maximum absolute atomic E-state index is 5.51. The summed E-state index contributed by atoms with van der Waals surface area (Å²) in [4.78, 5) is 0. The zero-order chi connectivity index (χ0) is 10.2. The van der Waals surface area contributed by atoms with Gasteiger partial charge < -0.3 is 4.74 Å². The highest BCUT2D eigenvalue weighted by Crippen LogP contribution is 2.06. The van der Waals surface area contributed by atoms with E-state index in [2.05, 4.69) is 37.8 Å². The molecule has 1 rings (SSSR count). The standard InChI is InChI=1S/C13H18O/c1-3-5-10-14-11-13-8-6-12(4-2)7-9-13/h4,6-9H,2-3,5,10-11H2,1H3. The molecule has 0 fully saturated rings. The Labute approximate surface area is 86.4 Å². The van der Waals surface area contributed by atoms with Gasteiger partial charge in [0.2, 0.25) is 0 Å². The zero-order valence-electron chi connectivity index (χ0n) is 8.83. The highest BCUT2D eigenvalue weighted by molar-refractivity contribution is 5.47. The number of benzene rings is 1. The van der Waals surface area contributed by atoms with Crippen molar-refractivity contribution in [2.45, 2.75) is 26.4 Å². The highest BCUT2D eigenvalue weighted by Gasteiger charge is 1.92. The molecule has 0 spiro atoms. The third-order valence-electron chi connectivity index (χ3n) is 2.13. The summed E-state index contributed by atoms with van der Waals surface area (Å²) in [7, 11) is 0. The Bertz CT molecular complexity index is 261. The SMILES string of the molecule is C=Cc1ccc(COCCCC)cc1. The van der Waals surface area contributed by atoms with E-state index in [1.165, 1.54) is 12.0 Å². The van der Waals surface area contributed by atoms with Crippen molar-refractivity contribution in [1.82, 2.24) is 0 Å². The molecule has 0 aromatic heterocycles. The van der Waals surface area contributed by atoms with E-state index in [0.717, 1.165) is 25.2 Å². The van der Waals surface area contributed by atoms with E-state index in [-0.39, 0.29) is 0 Å². The lowest BCUT2D eigenvalue weighted by molar-refractivity contribution is 0.118. The topological polar surface area (TPSA) is 9.23 Å². The molecule has 1 aromatic carbocycles. The lowest BCUT2D eigenvalue weighted by Crippen LogP contribution is -1.94. The normalized spacial score (nSPS) is 10.1. The summed E-state index contributed by atoms with van der Waals surface area (Å²) < 4.78 is 5.51. The minimum atomic E-state index is 0.720. The van der Waals surface area contributed by atoms with Gasteiger partial charge in [0.1, 0.15) is 0 Å². The lowest BCUT2D eigenvalue weighted by Gasteiger charge is -2.03. The molecule has 0 amide bonds. The van der Waals surface area contributed by atoms with Gasteiger partial charge in [0.05, 0.1) is 6.61 Å². The first-order chi connectivity index (χ1) is 6.86. The number of hydrogen-bond acceptors (Lipinski definition) is 1. The van der Waals surface area contributed by atoms with Crippen molar-refractivity contribution in [2.24, 2.45) is 0 Å². The van der Waals surface area contributed by atoms with Gasteiger partial charge in [-0.2, -0.15) is 0 Å². The average molecular weight is 190 g/mol. The van der Waals surface area contributed by atoms with E-state index < -0.39 is 0 Å². The Morgan fingerprint density at radius 1 is 1.29 bits per heavy atom. The molecular weight excluding hydrogens is 172 g/mol. The quantitative estimate of drug-likeness (QED) is 0.622. The molecule has 76 valence electrons. The van der Waals surface area contributed by atoms with Crippen LogP contribution in [0.15, 0.2) is 30.8 Å². The van der Waals surface area contributed by atoms with Crippen LogP contribution in [0, 0.1) is 0 Å². The molecule has 0 unspecified atom stereocenters. The minimum absolute atomic E-state index is 0.720. The summed E-state index contributed by atoms with van der Waals surface area (Å²) in [5.74, 6) is 0. The van der Waals surface area contributed by atoms with Crippen LogP contribution in [0.3, 0.4) is 0 Å². The summed E-state index contributed by atoms with van der Waals surface area (Å²) in [6.45, 7) is 7.47. The average Bonchev–Trinajstić information content (AvgIpc) is 2.25. The summed E-state index contributed by atoms with van der Waals surface area (Å²) in [5, 5.41) is 0. The first-order valence-corrected chi connectivity index (χ1v) is 5.16. The van der Waals surface area contributed by atoms with Gasteiger partial charge in [-0.1, -0.05) is 50.3 Å². The van der Waals surface area contributed by atoms with Crippen LogP contribution in [0.4, 0.5) is 0 Å². The molecular formula is C13H18O. The van der Waals surface area contributed by atoms with Crippen LogP contribution in [-0.2, 0) is 11.3 Å². The van der Waals surface area contributed by atoms with Crippen molar-refractivity contribution in [1.29, 1.82) is 0 Å². The van der Waals surface area contributed by atoms with E-state index in [9.17, 15) is 0 Å². The van der Waals surface area contributed by atoms with E-state index in [1.807, 2.05) is 6.08 Å². The van der Waals surface area contributed by atoms with Crippen LogP contribution in [0.25, 0.3) is 6.08 Å². The second-order valence-electron chi connectivity index (χ2n) is 3.35. The van der Waals surface area contributed by atoms with Crippen molar-refractivity contribution >= 4 is 6.08 Å². The fourth-order valence-corrected chi connectivity index (χ4v) is 1.19. The lowest BCUT2D eigenvalue weighted by atomic mass is 10.1. The summed E-state index contributed by atoms with van der Waals surface area (Å²) in [5.41, 5.74) is 2.38. The Morgan fingerprint density at radius 3 is 2.57 bits per heavy atom. The predicted molar refractivity (Wildman–Crippen MR) is 61.1 cm³/mol. The molecule has 14 heavy (non-hydrogen) atoms. The second-order valence-corrected chi connectivity index (χ2v) is 3.35. The van der Waals surface area contributed by atoms with Gasteiger partial charge in [-0.15, -0.1) is 0 Å². The number of rotatable bonds is 6. The molecule has 1 heteroatoms. The van der Waals surface area contributed by atoms with Crippen LogP contribution in [0.5, 0.6) is 0 Å². The molecule has 0 saturated carbocycles. The molecule has 0 atom stereocenters. The fourth-order valence-electron chi connectivity index (χ4n) is 1.19. The van der Waals surface area contributed by atoms with E-state index >= 15 is 0 Å². The maximum Gasteiger partial charge on any atom is 0.0716 e. The van der Waals surface area contributed by atoms with E-state index in [4.69, 9.17) is 4.74 Å². The predicted octanol–water partition coefficient (Wildman–Crippen LogP) is 3.65. The molecule has 0 saturated heterocycles. The van der Waals surface area contributed by atoms with Crippen LogP contribution in [-0.4, -0.2) is 6.61 Å². The smallest absolute Gasteiger partial charge is 0.0716 e. The van der Waals surface area contributed by atoms with Crippen LogP contribution >= 0.6 is 0 Å². The molecule has 0 N–H and O–H groups in total. The van der Waals surface area contributed by atoms with Crippen molar-refractivity contribution in [3.05, 3.63) is 42.0 Å². The minimum Gasteiger partial charge on any atom is -0.377 e. The fraction of sp³-hybridized carbons (Fsp3) is 0.385. The van der Waals surface area contributed by atoms with E-state index in [1.54, 1.807) is 0 Å². The zero-order valence-corrected chi connectivity index (χ0v) is 8.83. The largest absolute Gasteiger partial charge is 0.377 e. The van der Waals surface area contributed by atoms with Crippen LogP contribution in [0.2, 0.25) is 0 Å². The summed E-state index contributed by atoms with van der Waals surface area (Å²) in [6.07, 6.45) is 4.18. The van der Waals surface area contributed by atoms with Gasteiger partial charge >= 0.3 is 0 Å². The molecule has 0 aliphatic carbocycles. The molecule has 0 aliphatic rings. The Balaban J connectivity index is 2.32. The molecule has 0 aliphatic heterocycles. The highest BCUT2D eigenvalue weighted by atomic mass is 16.5. The van der Waals surface area contributed by atoms with Crippen molar-refractivity contribution in [3.8, 4) is 0 Å². The molecule has 1 nitrogen and oxygen atoms in total. The van der Waals surface area contributed by atoms with Gasteiger partial charge in [0.15, 0.2) is 0 Å². The molecule has 0 radical (unpaired) electrons. The van der Waals surface area contributed by atoms with Gasteiger partial charge in [0, 0.05) is 6.61 Å². The van der Waals surface area contributed by atoms with Crippen LogP contribution < -0.4 is 0 Å². The molecule has 0 heterocycles. The molecule has 0 bridgehead atoms. The Kier molecular flexibility index (Phi) is 5.02. The van der Waals surface area contributed by atoms with Gasteiger partial charge in [-0.3, -0.25) is 0 Å². The van der Waals surface area contributed by atoms with E-state index in [0.29, 0.717) is 0 Å².